The summed E-state index contributed by atoms with van der Waals surface area (Å²) in [5, 5.41) is 0. The fourth-order valence-electron chi connectivity index (χ4n) is 1.90. The van der Waals surface area contributed by atoms with Crippen molar-refractivity contribution in [2.24, 2.45) is 0 Å². The molecule has 1 aliphatic heterocycles. The number of hydrogen-bond acceptors (Lipinski definition) is 1. The minimum absolute atomic E-state index is 0.243. The standard InChI is InChI=1S/C12H14BrNO/c1-9-5-4-6-10(12(9)13)14-8-3-2-7-11(14)15/h4-6H,2-3,7-8H2,1H3. The van der Waals surface area contributed by atoms with E-state index in [1.807, 2.05) is 30.0 Å². The lowest BCUT2D eigenvalue weighted by atomic mass is 10.1. The Balaban J connectivity index is 2.35. The molecule has 0 unspecified atom stereocenters. The molecule has 0 aliphatic carbocycles. The number of aryl methyl sites for hydroxylation is 1. The molecule has 0 atom stereocenters. The van der Waals surface area contributed by atoms with Gasteiger partial charge < -0.3 is 4.90 Å². The summed E-state index contributed by atoms with van der Waals surface area (Å²) in [5.74, 6) is 0.243. The fourth-order valence-corrected chi connectivity index (χ4v) is 2.38. The van der Waals surface area contributed by atoms with E-state index in [9.17, 15) is 4.79 Å². The zero-order valence-electron chi connectivity index (χ0n) is 8.79. The molecule has 1 saturated heterocycles. The molecule has 0 aromatic heterocycles. The van der Waals surface area contributed by atoms with Crippen molar-refractivity contribution in [3.8, 4) is 0 Å². The third-order valence-electron chi connectivity index (χ3n) is 2.79. The van der Waals surface area contributed by atoms with Gasteiger partial charge in [-0.3, -0.25) is 4.79 Å². The van der Waals surface area contributed by atoms with E-state index >= 15 is 0 Å². The molecule has 80 valence electrons. The molecule has 2 nitrogen and oxygen atoms in total. The highest BCUT2D eigenvalue weighted by Gasteiger charge is 2.21. The molecule has 1 fully saturated rings. The van der Waals surface area contributed by atoms with Gasteiger partial charge in [0.1, 0.15) is 0 Å². The van der Waals surface area contributed by atoms with Crippen molar-refractivity contribution in [3.63, 3.8) is 0 Å². The highest BCUT2D eigenvalue weighted by molar-refractivity contribution is 9.10. The maximum absolute atomic E-state index is 11.8. The summed E-state index contributed by atoms with van der Waals surface area (Å²) in [7, 11) is 0. The lowest BCUT2D eigenvalue weighted by Crippen LogP contribution is -2.35. The van der Waals surface area contributed by atoms with E-state index in [2.05, 4.69) is 15.9 Å². The predicted octanol–water partition coefficient (Wildman–Crippen LogP) is 3.27. The summed E-state index contributed by atoms with van der Waals surface area (Å²) < 4.78 is 1.04. The molecule has 1 aromatic carbocycles. The Morgan fingerprint density at radius 3 is 2.87 bits per heavy atom. The smallest absolute Gasteiger partial charge is 0.227 e. The Bertz CT molecular complexity index is 389. The van der Waals surface area contributed by atoms with Gasteiger partial charge >= 0.3 is 0 Å². The molecule has 0 spiro atoms. The fraction of sp³-hybridized carbons (Fsp3) is 0.417. The summed E-state index contributed by atoms with van der Waals surface area (Å²) in [6.07, 6.45) is 2.81. The van der Waals surface area contributed by atoms with Crippen molar-refractivity contribution in [1.82, 2.24) is 0 Å². The first-order chi connectivity index (χ1) is 7.20. The number of hydrogen-bond donors (Lipinski definition) is 0. The summed E-state index contributed by atoms with van der Waals surface area (Å²) >= 11 is 3.55. The monoisotopic (exact) mass is 267 g/mol. The zero-order chi connectivity index (χ0) is 10.8. The topological polar surface area (TPSA) is 20.3 Å². The Morgan fingerprint density at radius 1 is 1.33 bits per heavy atom. The van der Waals surface area contributed by atoms with Crippen molar-refractivity contribution in [3.05, 3.63) is 28.2 Å². The van der Waals surface area contributed by atoms with Gasteiger partial charge in [0.2, 0.25) is 5.91 Å². The molecule has 0 radical (unpaired) electrons. The summed E-state index contributed by atoms with van der Waals surface area (Å²) in [5.41, 5.74) is 2.19. The highest BCUT2D eigenvalue weighted by atomic mass is 79.9. The van der Waals surface area contributed by atoms with E-state index in [-0.39, 0.29) is 5.91 Å². The Morgan fingerprint density at radius 2 is 2.13 bits per heavy atom. The van der Waals surface area contributed by atoms with Gasteiger partial charge in [-0.25, -0.2) is 0 Å². The number of carbonyl (C=O) groups is 1. The Labute approximate surface area is 98.4 Å². The minimum Gasteiger partial charge on any atom is -0.311 e. The van der Waals surface area contributed by atoms with Crippen LogP contribution < -0.4 is 4.90 Å². The molecule has 0 saturated carbocycles. The minimum atomic E-state index is 0.243. The Hall–Kier alpha value is -0.830. The number of amides is 1. The number of piperidine rings is 1. The molecule has 3 heteroatoms. The Kier molecular flexibility index (Phi) is 3.10. The molecular formula is C12H14BrNO. The van der Waals surface area contributed by atoms with Gasteiger partial charge in [0, 0.05) is 17.4 Å². The van der Waals surface area contributed by atoms with Gasteiger partial charge in [-0.15, -0.1) is 0 Å². The number of anilines is 1. The molecule has 0 bridgehead atoms. The van der Waals surface area contributed by atoms with Crippen LogP contribution in [0.2, 0.25) is 0 Å². The largest absolute Gasteiger partial charge is 0.311 e. The quantitative estimate of drug-likeness (QED) is 0.765. The molecule has 1 aromatic rings. The average molecular weight is 268 g/mol. The van der Waals surface area contributed by atoms with Crippen molar-refractivity contribution >= 4 is 27.5 Å². The van der Waals surface area contributed by atoms with E-state index in [1.165, 1.54) is 5.56 Å². The number of benzene rings is 1. The van der Waals surface area contributed by atoms with Crippen LogP contribution in [-0.2, 0) is 4.79 Å². The molecule has 1 aliphatic rings. The normalized spacial score (nSPS) is 16.9. The molecule has 2 rings (SSSR count). The van der Waals surface area contributed by atoms with Crippen molar-refractivity contribution in [2.75, 3.05) is 11.4 Å². The van der Waals surface area contributed by atoms with Crippen LogP contribution in [-0.4, -0.2) is 12.5 Å². The summed E-state index contributed by atoms with van der Waals surface area (Å²) in [4.78, 5) is 13.7. The number of nitrogens with zero attached hydrogens (tertiary/aromatic N) is 1. The van der Waals surface area contributed by atoms with Crippen LogP contribution in [0.5, 0.6) is 0 Å². The van der Waals surface area contributed by atoms with Gasteiger partial charge in [0.15, 0.2) is 0 Å². The van der Waals surface area contributed by atoms with E-state index in [1.54, 1.807) is 0 Å². The second kappa shape index (κ2) is 4.35. The maximum atomic E-state index is 11.8. The summed E-state index contributed by atoms with van der Waals surface area (Å²) in [6.45, 7) is 2.89. The molecule has 1 heterocycles. The average Bonchev–Trinajstić information content (AvgIpc) is 2.23. The van der Waals surface area contributed by atoms with Gasteiger partial charge in [-0.2, -0.15) is 0 Å². The lowest BCUT2D eigenvalue weighted by molar-refractivity contribution is -0.119. The number of carbonyl (C=O) groups excluding carboxylic acids is 1. The van der Waals surface area contributed by atoms with Gasteiger partial charge in [0.25, 0.3) is 0 Å². The first kappa shape index (κ1) is 10.7. The van der Waals surface area contributed by atoms with Crippen LogP contribution in [0.15, 0.2) is 22.7 Å². The number of rotatable bonds is 1. The predicted molar refractivity (Wildman–Crippen MR) is 65.1 cm³/mol. The second-order valence-electron chi connectivity index (χ2n) is 3.91. The van der Waals surface area contributed by atoms with E-state index < -0.39 is 0 Å². The third kappa shape index (κ3) is 2.07. The third-order valence-corrected chi connectivity index (χ3v) is 3.82. The highest BCUT2D eigenvalue weighted by Crippen LogP contribution is 2.31. The van der Waals surface area contributed by atoms with Crippen LogP contribution in [0.3, 0.4) is 0 Å². The molecule has 15 heavy (non-hydrogen) atoms. The van der Waals surface area contributed by atoms with Crippen LogP contribution >= 0.6 is 15.9 Å². The van der Waals surface area contributed by atoms with Crippen molar-refractivity contribution < 1.29 is 4.79 Å². The molecule has 0 N–H and O–H groups in total. The molecule has 1 amide bonds. The van der Waals surface area contributed by atoms with Crippen LogP contribution in [0.4, 0.5) is 5.69 Å². The van der Waals surface area contributed by atoms with Crippen LogP contribution in [0.25, 0.3) is 0 Å². The second-order valence-corrected chi connectivity index (χ2v) is 4.70. The SMILES string of the molecule is Cc1cccc(N2CCCCC2=O)c1Br. The number of halogens is 1. The lowest BCUT2D eigenvalue weighted by Gasteiger charge is -2.28. The van der Waals surface area contributed by atoms with Gasteiger partial charge in [-0.1, -0.05) is 12.1 Å². The molecular weight excluding hydrogens is 254 g/mol. The van der Waals surface area contributed by atoms with Crippen LogP contribution in [0.1, 0.15) is 24.8 Å². The first-order valence-electron chi connectivity index (χ1n) is 5.25. The summed E-state index contributed by atoms with van der Waals surface area (Å²) in [6, 6.07) is 6.04. The van der Waals surface area contributed by atoms with Gasteiger partial charge in [-0.05, 0) is 47.3 Å². The first-order valence-corrected chi connectivity index (χ1v) is 6.05. The van der Waals surface area contributed by atoms with Gasteiger partial charge in [0.05, 0.1) is 5.69 Å². The van der Waals surface area contributed by atoms with Crippen LogP contribution in [0, 0.1) is 6.92 Å². The van der Waals surface area contributed by atoms with E-state index in [0.29, 0.717) is 6.42 Å². The maximum Gasteiger partial charge on any atom is 0.227 e. The van der Waals surface area contributed by atoms with E-state index in [0.717, 1.165) is 29.5 Å². The van der Waals surface area contributed by atoms with Crippen molar-refractivity contribution in [1.29, 1.82) is 0 Å². The van der Waals surface area contributed by atoms with Crippen molar-refractivity contribution in [2.45, 2.75) is 26.2 Å². The van der Waals surface area contributed by atoms with E-state index in [4.69, 9.17) is 0 Å². The zero-order valence-corrected chi connectivity index (χ0v) is 10.4.